The quantitative estimate of drug-likeness (QED) is 0.893. The lowest BCUT2D eigenvalue weighted by molar-refractivity contribution is 0.118. The van der Waals surface area contributed by atoms with Crippen LogP contribution in [-0.2, 0) is 21.3 Å². The minimum absolute atomic E-state index is 0.225. The number of nitrogens with zero attached hydrogens (tertiary/aromatic N) is 1. The maximum atomic E-state index is 12.7. The molecule has 1 fully saturated rings. The van der Waals surface area contributed by atoms with Gasteiger partial charge in [-0.25, -0.2) is 8.42 Å². The Hall–Kier alpha value is -0.660. The number of benzene rings is 1. The van der Waals surface area contributed by atoms with Gasteiger partial charge in [0.2, 0.25) is 10.0 Å². The summed E-state index contributed by atoms with van der Waals surface area (Å²) >= 11 is 6.07. The maximum Gasteiger partial charge on any atom is 0.243 e. The Morgan fingerprint density at radius 2 is 2.24 bits per heavy atom. The van der Waals surface area contributed by atoms with Crippen molar-refractivity contribution in [3.8, 4) is 0 Å². The molecule has 1 aliphatic rings. The van der Waals surface area contributed by atoms with Gasteiger partial charge >= 0.3 is 0 Å². The fourth-order valence-electron chi connectivity index (χ4n) is 2.62. The third kappa shape index (κ3) is 3.76. The molecule has 1 heterocycles. The number of rotatable bonds is 5. The molecule has 0 aromatic heterocycles. The van der Waals surface area contributed by atoms with Gasteiger partial charge in [0.25, 0.3) is 0 Å². The van der Waals surface area contributed by atoms with Gasteiger partial charge in [-0.3, -0.25) is 0 Å². The van der Waals surface area contributed by atoms with E-state index >= 15 is 0 Å². The summed E-state index contributed by atoms with van der Waals surface area (Å²) in [6.45, 7) is 1.91. The molecule has 0 spiro atoms. The fraction of sp³-hybridized carbons (Fsp3) is 0.571. The first-order valence-corrected chi connectivity index (χ1v) is 8.78. The SMILES string of the molecule is COCC1CCCN(S(=O)(=O)c2ccc(CN)c(Cl)c2)C1. The van der Waals surface area contributed by atoms with E-state index in [9.17, 15) is 8.42 Å². The van der Waals surface area contributed by atoms with Gasteiger partial charge in [0.1, 0.15) is 0 Å². The second-order valence-corrected chi connectivity index (χ2v) is 7.63. The normalized spacial score (nSPS) is 20.6. The Bertz CT molecular complexity index is 590. The van der Waals surface area contributed by atoms with Crippen molar-refractivity contribution in [3.05, 3.63) is 28.8 Å². The average molecular weight is 333 g/mol. The van der Waals surface area contributed by atoms with Crippen LogP contribution in [-0.4, -0.2) is 39.5 Å². The standard InChI is InChI=1S/C14H21ClN2O3S/c1-20-10-11-3-2-6-17(9-11)21(18,19)13-5-4-12(8-16)14(15)7-13/h4-5,7,11H,2-3,6,8-10,16H2,1H3. The zero-order valence-corrected chi connectivity index (χ0v) is 13.7. The Labute approximate surface area is 131 Å². The lowest BCUT2D eigenvalue weighted by atomic mass is 10.0. The van der Waals surface area contributed by atoms with E-state index in [2.05, 4.69) is 0 Å². The summed E-state index contributed by atoms with van der Waals surface area (Å²) in [5.74, 6) is 0.248. The van der Waals surface area contributed by atoms with E-state index in [1.165, 1.54) is 10.4 Å². The molecule has 1 atom stereocenters. The van der Waals surface area contributed by atoms with E-state index in [1.807, 2.05) is 0 Å². The first-order chi connectivity index (χ1) is 9.98. The molecule has 118 valence electrons. The summed E-state index contributed by atoms with van der Waals surface area (Å²) in [7, 11) is -1.87. The van der Waals surface area contributed by atoms with Crippen LogP contribution in [0.4, 0.5) is 0 Å². The molecule has 0 saturated carbocycles. The molecule has 7 heteroatoms. The highest BCUT2D eigenvalue weighted by Gasteiger charge is 2.30. The van der Waals surface area contributed by atoms with E-state index in [4.69, 9.17) is 22.1 Å². The molecule has 0 aliphatic carbocycles. The highest BCUT2D eigenvalue weighted by Crippen LogP contribution is 2.26. The van der Waals surface area contributed by atoms with Gasteiger partial charge in [-0.15, -0.1) is 0 Å². The van der Waals surface area contributed by atoms with Gasteiger partial charge in [0, 0.05) is 31.8 Å². The van der Waals surface area contributed by atoms with Crippen molar-refractivity contribution >= 4 is 21.6 Å². The van der Waals surface area contributed by atoms with Crippen LogP contribution in [0.2, 0.25) is 5.02 Å². The van der Waals surface area contributed by atoms with Gasteiger partial charge in [0.05, 0.1) is 11.5 Å². The van der Waals surface area contributed by atoms with Gasteiger partial charge < -0.3 is 10.5 Å². The van der Waals surface area contributed by atoms with E-state index in [1.54, 1.807) is 19.2 Å². The summed E-state index contributed by atoms with van der Waals surface area (Å²) in [4.78, 5) is 0.225. The summed E-state index contributed by atoms with van der Waals surface area (Å²) in [6, 6.07) is 4.73. The van der Waals surface area contributed by atoms with Crippen molar-refractivity contribution in [1.82, 2.24) is 4.31 Å². The largest absolute Gasteiger partial charge is 0.384 e. The van der Waals surface area contributed by atoms with Crippen molar-refractivity contribution < 1.29 is 13.2 Å². The first-order valence-electron chi connectivity index (χ1n) is 6.96. The van der Waals surface area contributed by atoms with Crippen LogP contribution in [0.25, 0.3) is 0 Å². The first kappa shape index (κ1) is 16.7. The molecule has 2 N–H and O–H groups in total. The monoisotopic (exact) mass is 332 g/mol. The smallest absolute Gasteiger partial charge is 0.243 e. The van der Waals surface area contributed by atoms with Crippen molar-refractivity contribution in [2.45, 2.75) is 24.3 Å². The van der Waals surface area contributed by atoms with Gasteiger partial charge in [-0.1, -0.05) is 17.7 Å². The lowest BCUT2D eigenvalue weighted by Gasteiger charge is -2.31. The molecule has 0 bridgehead atoms. The van der Waals surface area contributed by atoms with Crippen LogP contribution >= 0.6 is 11.6 Å². The molecule has 1 aliphatic heterocycles. The van der Waals surface area contributed by atoms with Crippen LogP contribution < -0.4 is 5.73 Å². The molecular weight excluding hydrogens is 312 g/mol. The van der Waals surface area contributed by atoms with E-state index < -0.39 is 10.0 Å². The number of hydrogen-bond acceptors (Lipinski definition) is 4. The van der Waals surface area contributed by atoms with Crippen LogP contribution in [0.15, 0.2) is 23.1 Å². The second kappa shape index (κ2) is 7.07. The van der Waals surface area contributed by atoms with Crippen molar-refractivity contribution in [2.75, 3.05) is 26.8 Å². The zero-order chi connectivity index (χ0) is 15.5. The summed E-state index contributed by atoms with van der Waals surface area (Å²) in [5, 5.41) is 0.393. The highest BCUT2D eigenvalue weighted by molar-refractivity contribution is 7.89. The summed E-state index contributed by atoms with van der Waals surface area (Å²) in [6.07, 6.45) is 1.84. The Morgan fingerprint density at radius 3 is 2.86 bits per heavy atom. The van der Waals surface area contributed by atoms with Crippen molar-refractivity contribution in [3.63, 3.8) is 0 Å². The van der Waals surface area contributed by atoms with Crippen LogP contribution in [0.5, 0.6) is 0 Å². The van der Waals surface area contributed by atoms with E-state index in [0.29, 0.717) is 31.3 Å². The predicted octanol–water partition coefficient (Wildman–Crippen LogP) is 1.85. The summed E-state index contributed by atoms with van der Waals surface area (Å²) in [5.41, 5.74) is 6.29. The molecule has 5 nitrogen and oxygen atoms in total. The Balaban J connectivity index is 2.23. The number of hydrogen-bond donors (Lipinski definition) is 1. The number of piperidine rings is 1. The fourth-order valence-corrected chi connectivity index (χ4v) is 4.52. The molecule has 1 aromatic carbocycles. The lowest BCUT2D eigenvalue weighted by Crippen LogP contribution is -2.41. The van der Waals surface area contributed by atoms with Crippen LogP contribution in [0, 0.1) is 5.92 Å². The third-order valence-corrected chi connectivity index (χ3v) is 5.98. The number of halogens is 1. The van der Waals surface area contributed by atoms with Crippen LogP contribution in [0.1, 0.15) is 18.4 Å². The molecule has 2 rings (SSSR count). The maximum absolute atomic E-state index is 12.7. The second-order valence-electron chi connectivity index (χ2n) is 5.28. The van der Waals surface area contributed by atoms with E-state index in [0.717, 1.165) is 18.4 Å². The minimum Gasteiger partial charge on any atom is -0.384 e. The number of ether oxygens (including phenoxy) is 1. The molecule has 0 radical (unpaired) electrons. The summed E-state index contributed by atoms with van der Waals surface area (Å²) < 4.78 is 32.0. The van der Waals surface area contributed by atoms with Crippen molar-refractivity contribution in [2.24, 2.45) is 11.7 Å². The van der Waals surface area contributed by atoms with Crippen molar-refractivity contribution in [1.29, 1.82) is 0 Å². The molecule has 1 aromatic rings. The zero-order valence-electron chi connectivity index (χ0n) is 12.1. The molecule has 0 amide bonds. The predicted molar refractivity (Wildman–Crippen MR) is 82.7 cm³/mol. The third-order valence-electron chi connectivity index (χ3n) is 3.77. The van der Waals surface area contributed by atoms with Crippen LogP contribution in [0.3, 0.4) is 0 Å². The molecule has 21 heavy (non-hydrogen) atoms. The number of methoxy groups -OCH3 is 1. The highest BCUT2D eigenvalue weighted by atomic mass is 35.5. The number of nitrogens with two attached hydrogens (primary N) is 1. The van der Waals surface area contributed by atoms with Gasteiger partial charge in [0.15, 0.2) is 0 Å². The Morgan fingerprint density at radius 1 is 1.48 bits per heavy atom. The number of sulfonamides is 1. The van der Waals surface area contributed by atoms with Gasteiger partial charge in [-0.05, 0) is 36.5 Å². The molecular formula is C14H21ClN2O3S. The minimum atomic E-state index is -3.51. The van der Waals surface area contributed by atoms with Gasteiger partial charge in [-0.2, -0.15) is 4.31 Å². The molecule has 1 saturated heterocycles. The topological polar surface area (TPSA) is 72.6 Å². The molecule has 1 unspecified atom stereocenters. The Kier molecular flexibility index (Phi) is 5.62. The van der Waals surface area contributed by atoms with E-state index in [-0.39, 0.29) is 10.8 Å². The average Bonchev–Trinajstić information content (AvgIpc) is 2.48.